The number of carboxylic acids is 1. The molecule has 2 fully saturated rings. The van der Waals surface area contributed by atoms with Crippen LogP contribution in [0.5, 0.6) is 0 Å². The maximum atomic E-state index is 12.2. The number of carbonyl (C=O) groups is 2. The van der Waals surface area contributed by atoms with E-state index in [-0.39, 0.29) is 6.03 Å². The summed E-state index contributed by atoms with van der Waals surface area (Å²) >= 11 is 3.36. The van der Waals surface area contributed by atoms with Crippen molar-refractivity contribution in [3.05, 3.63) is 0 Å². The third-order valence-electron chi connectivity index (χ3n) is 2.92. The van der Waals surface area contributed by atoms with Gasteiger partial charge in [-0.05, 0) is 0 Å². The van der Waals surface area contributed by atoms with E-state index in [0.717, 1.165) is 18.8 Å². The van der Waals surface area contributed by atoms with Crippen molar-refractivity contribution in [1.29, 1.82) is 0 Å². The average molecular weight is 276 g/mol. The summed E-state index contributed by atoms with van der Waals surface area (Å²) in [6.07, 6.45) is 0. The van der Waals surface area contributed by atoms with Crippen LogP contribution in [0.2, 0.25) is 0 Å². The standard InChI is InChI=1S/C10H16N2O3S2/c1-7-4-11(2-3-17-7)10(15)12-6-16-5-8(12)9(13)14/h7-8H,2-6H2,1H3,(H,13,14). The van der Waals surface area contributed by atoms with Gasteiger partial charge in [-0.1, -0.05) is 6.92 Å². The molecule has 2 rings (SSSR count). The van der Waals surface area contributed by atoms with Crippen LogP contribution in [-0.4, -0.2) is 68.7 Å². The second kappa shape index (κ2) is 5.39. The lowest BCUT2D eigenvalue weighted by molar-refractivity contribution is -0.140. The number of thioether (sulfide) groups is 2. The van der Waals surface area contributed by atoms with Crippen LogP contribution < -0.4 is 0 Å². The summed E-state index contributed by atoms with van der Waals surface area (Å²) in [4.78, 5) is 26.5. The van der Waals surface area contributed by atoms with Crippen LogP contribution in [0.1, 0.15) is 6.92 Å². The molecule has 2 aliphatic rings. The van der Waals surface area contributed by atoms with Gasteiger partial charge in [-0.15, -0.1) is 11.8 Å². The molecular weight excluding hydrogens is 260 g/mol. The molecular formula is C10H16N2O3S2. The molecule has 17 heavy (non-hydrogen) atoms. The highest BCUT2D eigenvalue weighted by atomic mass is 32.2. The molecule has 2 amide bonds. The van der Waals surface area contributed by atoms with E-state index in [1.165, 1.54) is 16.7 Å². The van der Waals surface area contributed by atoms with Gasteiger partial charge in [0, 0.05) is 29.8 Å². The Hall–Kier alpha value is -0.560. The Kier molecular flexibility index (Phi) is 4.09. The zero-order valence-electron chi connectivity index (χ0n) is 9.66. The minimum Gasteiger partial charge on any atom is -0.480 e. The SMILES string of the molecule is CC1CN(C(=O)N2CSCC2C(=O)O)CCS1. The highest BCUT2D eigenvalue weighted by molar-refractivity contribution is 8.00. The topological polar surface area (TPSA) is 60.9 Å². The Morgan fingerprint density at radius 3 is 2.82 bits per heavy atom. The molecule has 0 aliphatic carbocycles. The van der Waals surface area contributed by atoms with Gasteiger partial charge in [0.15, 0.2) is 0 Å². The maximum Gasteiger partial charge on any atom is 0.327 e. The van der Waals surface area contributed by atoms with Crippen molar-refractivity contribution in [3.63, 3.8) is 0 Å². The van der Waals surface area contributed by atoms with Crippen molar-refractivity contribution in [2.45, 2.75) is 18.2 Å². The van der Waals surface area contributed by atoms with Gasteiger partial charge in [0.1, 0.15) is 6.04 Å². The minimum absolute atomic E-state index is 0.116. The fraction of sp³-hybridized carbons (Fsp3) is 0.800. The highest BCUT2D eigenvalue weighted by Gasteiger charge is 2.37. The number of amides is 2. The van der Waals surface area contributed by atoms with Gasteiger partial charge >= 0.3 is 12.0 Å². The first-order chi connectivity index (χ1) is 8.09. The zero-order chi connectivity index (χ0) is 12.4. The lowest BCUT2D eigenvalue weighted by atomic mass is 10.3. The van der Waals surface area contributed by atoms with Gasteiger partial charge in [-0.2, -0.15) is 11.8 Å². The minimum atomic E-state index is -0.900. The summed E-state index contributed by atoms with van der Waals surface area (Å²) in [5, 5.41) is 9.49. The molecule has 96 valence electrons. The third-order valence-corrected chi connectivity index (χ3v) is 5.07. The van der Waals surface area contributed by atoms with Crippen molar-refractivity contribution in [1.82, 2.24) is 9.80 Å². The predicted molar refractivity (Wildman–Crippen MR) is 69.5 cm³/mol. The summed E-state index contributed by atoms with van der Waals surface area (Å²) in [5.74, 6) is 1.03. The third kappa shape index (κ3) is 2.82. The summed E-state index contributed by atoms with van der Waals surface area (Å²) in [5.41, 5.74) is 0. The lowest BCUT2D eigenvalue weighted by Crippen LogP contribution is -2.51. The molecule has 2 atom stereocenters. The van der Waals surface area contributed by atoms with E-state index in [2.05, 4.69) is 6.92 Å². The van der Waals surface area contributed by atoms with Crippen LogP contribution in [0, 0.1) is 0 Å². The lowest BCUT2D eigenvalue weighted by Gasteiger charge is -2.34. The van der Waals surface area contributed by atoms with Crippen molar-refractivity contribution in [3.8, 4) is 0 Å². The number of hydrogen-bond acceptors (Lipinski definition) is 4. The molecule has 2 aliphatic heterocycles. The molecule has 0 bridgehead atoms. The Bertz CT molecular complexity index is 327. The van der Waals surface area contributed by atoms with Crippen LogP contribution in [0.15, 0.2) is 0 Å². The summed E-state index contributed by atoms with van der Waals surface area (Å²) in [6, 6.07) is -0.771. The van der Waals surface area contributed by atoms with E-state index in [4.69, 9.17) is 5.11 Å². The number of aliphatic carboxylic acids is 1. The Labute approximate surface area is 109 Å². The molecule has 5 nitrogen and oxygen atoms in total. The molecule has 0 aromatic carbocycles. The first-order valence-corrected chi connectivity index (χ1v) is 7.77. The van der Waals surface area contributed by atoms with E-state index in [1.54, 1.807) is 4.90 Å². The quantitative estimate of drug-likeness (QED) is 0.774. The van der Waals surface area contributed by atoms with E-state index < -0.39 is 12.0 Å². The molecule has 0 spiro atoms. The molecule has 1 N–H and O–H groups in total. The molecule has 2 unspecified atom stereocenters. The van der Waals surface area contributed by atoms with Crippen LogP contribution in [0.4, 0.5) is 4.79 Å². The maximum absolute atomic E-state index is 12.2. The van der Waals surface area contributed by atoms with Crippen LogP contribution in [0.25, 0.3) is 0 Å². The van der Waals surface area contributed by atoms with Gasteiger partial charge < -0.3 is 14.9 Å². The summed E-state index contributed by atoms with van der Waals surface area (Å²) in [7, 11) is 0. The smallest absolute Gasteiger partial charge is 0.327 e. The predicted octanol–water partition coefficient (Wildman–Crippen LogP) is 1.00. The first-order valence-electron chi connectivity index (χ1n) is 5.57. The molecule has 0 radical (unpaired) electrons. The second-order valence-electron chi connectivity index (χ2n) is 4.23. The fourth-order valence-electron chi connectivity index (χ4n) is 2.01. The molecule has 0 saturated carbocycles. The van der Waals surface area contributed by atoms with E-state index in [9.17, 15) is 9.59 Å². The number of urea groups is 1. The average Bonchev–Trinajstić information content (AvgIpc) is 2.77. The van der Waals surface area contributed by atoms with Crippen LogP contribution in [0.3, 0.4) is 0 Å². The van der Waals surface area contributed by atoms with Crippen molar-refractivity contribution in [2.24, 2.45) is 0 Å². The number of carboxylic acid groups (broad SMARTS) is 1. The molecule has 7 heteroatoms. The monoisotopic (exact) mass is 276 g/mol. The molecule has 0 aromatic rings. The molecule has 2 saturated heterocycles. The fourth-order valence-corrected chi connectivity index (χ4v) is 4.16. The number of rotatable bonds is 1. The van der Waals surface area contributed by atoms with E-state index in [0.29, 0.717) is 16.9 Å². The number of nitrogens with zero attached hydrogens (tertiary/aromatic N) is 2. The second-order valence-corrected chi connectivity index (χ2v) is 6.78. The Morgan fingerprint density at radius 2 is 2.18 bits per heavy atom. The van der Waals surface area contributed by atoms with E-state index in [1.807, 2.05) is 11.8 Å². The number of carbonyl (C=O) groups excluding carboxylic acids is 1. The normalized spacial score (nSPS) is 29.5. The summed E-state index contributed by atoms with van der Waals surface area (Å²) in [6.45, 7) is 3.54. The zero-order valence-corrected chi connectivity index (χ0v) is 11.3. The van der Waals surface area contributed by atoms with Crippen molar-refractivity contribution in [2.75, 3.05) is 30.5 Å². The molecule has 2 heterocycles. The highest BCUT2D eigenvalue weighted by Crippen LogP contribution is 2.25. The van der Waals surface area contributed by atoms with Crippen molar-refractivity contribution < 1.29 is 14.7 Å². The van der Waals surface area contributed by atoms with E-state index >= 15 is 0 Å². The molecule has 0 aromatic heterocycles. The Morgan fingerprint density at radius 1 is 1.41 bits per heavy atom. The Balaban J connectivity index is 2.01. The van der Waals surface area contributed by atoms with Gasteiger partial charge in [-0.3, -0.25) is 0 Å². The van der Waals surface area contributed by atoms with Gasteiger partial charge in [-0.25, -0.2) is 9.59 Å². The van der Waals surface area contributed by atoms with Gasteiger partial charge in [0.25, 0.3) is 0 Å². The first kappa shape index (κ1) is 12.9. The van der Waals surface area contributed by atoms with Gasteiger partial charge in [0.2, 0.25) is 0 Å². The summed E-state index contributed by atoms with van der Waals surface area (Å²) < 4.78 is 0. The largest absolute Gasteiger partial charge is 0.480 e. The van der Waals surface area contributed by atoms with Gasteiger partial charge in [0.05, 0.1) is 5.88 Å². The van der Waals surface area contributed by atoms with Crippen molar-refractivity contribution >= 4 is 35.5 Å². The van der Waals surface area contributed by atoms with Crippen LogP contribution >= 0.6 is 23.5 Å². The van der Waals surface area contributed by atoms with Crippen LogP contribution in [-0.2, 0) is 4.79 Å². The number of hydrogen-bond donors (Lipinski definition) is 1.